The van der Waals surface area contributed by atoms with Crippen molar-refractivity contribution in [1.82, 2.24) is 15.1 Å². The van der Waals surface area contributed by atoms with Gasteiger partial charge in [0.25, 0.3) is 0 Å². The minimum Gasteiger partial charge on any atom is -0.454 e. The van der Waals surface area contributed by atoms with Crippen molar-refractivity contribution in [3.05, 3.63) is 18.2 Å². The van der Waals surface area contributed by atoms with Crippen molar-refractivity contribution in [2.24, 2.45) is 0 Å². The van der Waals surface area contributed by atoms with E-state index >= 15 is 0 Å². The van der Waals surface area contributed by atoms with Crippen molar-refractivity contribution >= 4 is 28.3 Å². The van der Waals surface area contributed by atoms with Gasteiger partial charge in [-0.15, -0.1) is 10.2 Å². The van der Waals surface area contributed by atoms with Crippen LogP contribution in [0.4, 0.5) is 5.13 Å². The lowest BCUT2D eigenvalue weighted by atomic mass is 10.1. The van der Waals surface area contributed by atoms with E-state index < -0.39 is 6.04 Å². The molecule has 154 valence electrons. The Hall–Kier alpha value is -2.68. The highest BCUT2D eigenvalue weighted by Gasteiger charge is 2.34. The predicted molar refractivity (Wildman–Crippen MR) is 109 cm³/mol. The highest BCUT2D eigenvalue weighted by molar-refractivity contribution is 7.18. The molecule has 9 heteroatoms. The quantitative estimate of drug-likeness (QED) is 0.695. The Bertz CT molecular complexity index is 900. The Labute approximate surface area is 173 Å². The molecule has 1 saturated heterocycles. The summed E-state index contributed by atoms with van der Waals surface area (Å²) >= 11 is 1.29. The first-order valence-electron chi connectivity index (χ1n) is 9.99. The zero-order valence-corrected chi connectivity index (χ0v) is 17.2. The molecule has 1 unspecified atom stereocenters. The molecule has 1 N–H and O–H groups in total. The highest BCUT2D eigenvalue weighted by Crippen LogP contribution is 2.37. The van der Waals surface area contributed by atoms with Crippen LogP contribution in [0.1, 0.15) is 45.4 Å². The molecule has 0 radical (unpaired) electrons. The summed E-state index contributed by atoms with van der Waals surface area (Å²) in [5.74, 6) is 1.25. The normalized spacial score (nSPS) is 17.6. The number of fused-ring (bicyclic) bond motifs is 1. The summed E-state index contributed by atoms with van der Waals surface area (Å²) in [4.78, 5) is 26.9. The van der Waals surface area contributed by atoms with Crippen molar-refractivity contribution < 1.29 is 19.1 Å². The minimum absolute atomic E-state index is 0.0643. The van der Waals surface area contributed by atoms with Crippen LogP contribution in [0, 0.1) is 0 Å². The van der Waals surface area contributed by atoms with Crippen molar-refractivity contribution in [2.45, 2.75) is 51.5 Å². The van der Waals surface area contributed by atoms with Gasteiger partial charge in [-0.25, -0.2) is 0 Å². The summed E-state index contributed by atoms with van der Waals surface area (Å²) in [6.07, 6.45) is 5.00. The average molecular weight is 417 g/mol. The second kappa shape index (κ2) is 8.77. The van der Waals surface area contributed by atoms with E-state index in [9.17, 15) is 9.59 Å². The van der Waals surface area contributed by atoms with Gasteiger partial charge in [-0.3, -0.25) is 14.9 Å². The largest absolute Gasteiger partial charge is 0.454 e. The zero-order valence-electron chi connectivity index (χ0n) is 16.3. The smallest absolute Gasteiger partial charge is 0.249 e. The third kappa shape index (κ3) is 4.34. The average Bonchev–Trinajstić information content (AvgIpc) is 3.47. The number of aromatic nitrogens is 2. The number of hydrogen-bond acceptors (Lipinski definition) is 7. The summed E-state index contributed by atoms with van der Waals surface area (Å²) in [5.41, 5.74) is 0.848. The summed E-state index contributed by atoms with van der Waals surface area (Å²) < 4.78 is 10.7. The number of carbonyl (C=O) groups excluding carboxylic acids is 2. The molecule has 0 saturated carbocycles. The number of ether oxygens (including phenoxy) is 2. The molecule has 3 heterocycles. The third-order valence-electron chi connectivity index (χ3n) is 5.14. The number of carbonyl (C=O) groups is 2. The van der Waals surface area contributed by atoms with E-state index in [0.717, 1.165) is 31.2 Å². The number of amides is 2. The SMILES string of the molecule is CCCCCC(=O)N1CCCC1C(=O)Nc1nnc(-c2ccc3c(c2)OCO3)s1. The number of nitrogens with one attached hydrogen (secondary N) is 1. The van der Waals surface area contributed by atoms with Crippen molar-refractivity contribution in [3.63, 3.8) is 0 Å². The summed E-state index contributed by atoms with van der Waals surface area (Å²) in [6.45, 7) is 2.96. The van der Waals surface area contributed by atoms with Gasteiger partial charge in [0.2, 0.25) is 23.7 Å². The first-order valence-corrected chi connectivity index (χ1v) is 10.8. The zero-order chi connectivity index (χ0) is 20.2. The molecule has 2 aliphatic rings. The number of rotatable bonds is 7. The molecule has 2 aromatic rings. The van der Waals surface area contributed by atoms with Crippen LogP contribution in [0.15, 0.2) is 18.2 Å². The monoisotopic (exact) mass is 416 g/mol. The molecule has 0 aliphatic carbocycles. The molecule has 0 bridgehead atoms. The number of benzene rings is 1. The molecule has 8 nitrogen and oxygen atoms in total. The lowest BCUT2D eigenvalue weighted by molar-refractivity contribution is -0.136. The van der Waals surface area contributed by atoms with Gasteiger partial charge in [-0.05, 0) is 37.5 Å². The summed E-state index contributed by atoms with van der Waals surface area (Å²) in [5, 5.41) is 12.2. The molecule has 1 fully saturated rings. The molecule has 29 heavy (non-hydrogen) atoms. The van der Waals surface area contributed by atoms with Gasteiger partial charge < -0.3 is 14.4 Å². The Morgan fingerprint density at radius 3 is 2.97 bits per heavy atom. The van der Waals surface area contributed by atoms with E-state index in [2.05, 4.69) is 22.4 Å². The maximum absolute atomic E-state index is 12.8. The maximum Gasteiger partial charge on any atom is 0.249 e. The summed E-state index contributed by atoms with van der Waals surface area (Å²) in [6, 6.07) is 5.13. The molecular weight excluding hydrogens is 392 g/mol. The van der Waals surface area contributed by atoms with E-state index in [0.29, 0.717) is 41.0 Å². The second-order valence-corrected chi connectivity index (χ2v) is 8.15. The van der Waals surface area contributed by atoms with Gasteiger partial charge in [-0.1, -0.05) is 31.1 Å². The van der Waals surface area contributed by atoms with Crippen LogP contribution >= 0.6 is 11.3 Å². The van der Waals surface area contributed by atoms with E-state index in [1.807, 2.05) is 18.2 Å². The number of anilines is 1. The molecule has 1 aromatic heterocycles. The van der Waals surface area contributed by atoms with E-state index in [4.69, 9.17) is 9.47 Å². The molecule has 0 spiro atoms. The van der Waals surface area contributed by atoms with Gasteiger partial charge in [0, 0.05) is 18.5 Å². The molecule has 1 atom stereocenters. The molecule has 4 rings (SSSR count). The van der Waals surface area contributed by atoms with E-state index in [-0.39, 0.29) is 18.6 Å². The number of likely N-dealkylation sites (tertiary alicyclic amines) is 1. The van der Waals surface area contributed by atoms with E-state index in [1.54, 1.807) is 4.90 Å². The summed E-state index contributed by atoms with van der Waals surface area (Å²) in [7, 11) is 0. The standard InChI is InChI=1S/C20H24N4O4S/c1-2-3-4-7-17(25)24-10-5-6-14(24)18(26)21-20-23-22-19(29-20)13-8-9-15-16(11-13)28-12-27-15/h8-9,11,14H,2-7,10,12H2,1H3,(H,21,23,26). The van der Waals surface area contributed by atoms with Gasteiger partial charge in [-0.2, -0.15) is 0 Å². The Balaban J connectivity index is 1.39. The Morgan fingerprint density at radius 2 is 2.10 bits per heavy atom. The Kier molecular flexibility index (Phi) is 5.94. The lowest BCUT2D eigenvalue weighted by Crippen LogP contribution is -2.43. The van der Waals surface area contributed by atoms with Crippen molar-refractivity contribution in [3.8, 4) is 22.1 Å². The third-order valence-corrected chi connectivity index (χ3v) is 6.03. The van der Waals surface area contributed by atoms with Crippen LogP contribution in [0.2, 0.25) is 0 Å². The minimum atomic E-state index is -0.429. The number of unbranched alkanes of at least 4 members (excludes halogenated alkanes) is 2. The van der Waals surface area contributed by atoms with Gasteiger partial charge in [0.05, 0.1) is 0 Å². The van der Waals surface area contributed by atoms with Crippen LogP contribution in [-0.4, -0.2) is 46.3 Å². The molecule has 2 amide bonds. The topological polar surface area (TPSA) is 93.7 Å². The van der Waals surface area contributed by atoms with Crippen LogP contribution < -0.4 is 14.8 Å². The van der Waals surface area contributed by atoms with Gasteiger partial charge in [0.1, 0.15) is 11.0 Å². The van der Waals surface area contributed by atoms with E-state index in [1.165, 1.54) is 11.3 Å². The first-order chi connectivity index (χ1) is 14.2. The fourth-order valence-corrected chi connectivity index (χ4v) is 4.36. The lowest BCUT2D eigenvalue weighted by Gasteiger charge is -2.23. The predicted octanol–water partition coefficient (Wildman–Crippen LogP) is 3.44. The van der Waals surface area contributed by atoms with Gasteiger partial charge >= 0.3 is 0 Å². The van der Waals surface area contributed by atoms with Crippen LogP contribution in [-0.2, 0) is 9.59 Å². The Morgan fingerprint density at radius 1 is 1.24 bits per heavy atom. The van der Waals surface area contributed by atoms with Crippen LogP contribution in [0.3, 0.4) is 0 Å². The van der Waals surface area contributed by atoms with Gasteiger partial charge in [0.15, 0.2) is 11.5 Å². The highest BCUT2D eigenvalue weighted by atomic mass is 32.1. The second-order valence-electron chi connectivity index (χ2n) is 7.17. The fourth-order valence-electron chi connectivity index (χ4n) is 3.62. The molecule has 1 aromatic carbocycles. The van der Waals surface area contributed by atoms with Crippen molar-refractivity contribution in [1.29, 1.82) is 0 Å². The molecule has 2 aliphatic heterocycles. The van der Waals surface area contributed by atoms with Crippen LogP contribution in [0.25, 0.3) is 10.6 Å². The first kappa shape index (κ1) is 19.6. The molecular formula is C20H24N4O4S. The fraction of sp³-hybridized carbons (Fsp3) is 0.500. The van der Waals surface area contributed by atoms with Crippen molar-refractivity contribution in [2.75, 3.05) is 18.7 Å². The number of nitrogens with zero attached hydrogens (tertiary/aromatic N) is 3. The number of hydrogen-bond donors (Lipinski definition) is 1. The maximum atomic E-state index is 12.8. The van der Waals surface area contributed by atoms with Crippen LogP contribution in [0.5, 0.6) is 11.5 Å².